The Bertz CT molecular complexity index is 333. The second-order valence-corrected chi connectivity index (χ2v) is 5.73. The monoisotopic (exact) mass is 251 g/mol. The van der Waals surface area contributed by atoms with Crippen molar-refractivity contribution in [2.75, 3.05) is 18.6 Å². The molecule has 2 nitrogen and oxygen atoms in total. The number of rotatable bonds is 4. The molecule has 1 heterocycles. The van der Waals surface area contributed by atoms with Crippen LogP contribution in [0.25, 0.3) is 0 Å². The summed E-state index contributed by atoms with van der Waals surface area (Å²) in [4.78, 5) is 0. The highest BCUT2D eigenvalue weighted by atomic mass is 32.2. The molecule has 0 aromatic heterocycles. The highest BCUT2D eigenvalue weighted by Gasteiger charge is 2.16. The van der Waals surface area contributed by atoms with Gasteiger partial charge in [-0.1, -0.05) is 12.1 Å². The number of nitrogens with one attached hydrogen (secondary N) is 1. The normalized spacial score (nSPS) is 22.1. The van der Waals surface area contributed by atoms with Crippen LogP contribution in [0.5, 0.6) is 5.75 Å². The summed E-state index contributed by atoms with van der Waals surface area (Å²) in [6, 6.07) is 9.45. The molecule has 94 valence electrons. The van der Waals surface area contributed by atoms with Gasteiger partial charge in [-0.05, 0) is 43.2 Å². The SMILES string of the molecule is COc1ccc([C@H](C)NC2CCCSC2)cc1. The van der Waals surface area contributed by atoms with Crippen molar-refractivity contribution in [3.05, 3.63) is 29.8 Å². The Labute approximate surface area is 108 Å². The number of thioether (sulfide) groups is 1. The topological polar surface area (TPSA) is 21.3 Å². The van der Waals surface area contributed by atoms with Crippen LogP contribution in [0.15, 0.2) is 24.3 Å². The van der Waals surface area contributed by atoms with Crippen molar-refractivity contribution in [1.29, 1.82) is 0 Å². The molecule has 1 fully saturated rings. The van der Waals surface area contributed by atoms with Gasteiger partial charge in [0.05, 0.1) is 7.11 Å². The standard InChI is InChI=1S/C14H21NOS/c1-11(15-13-4-3-9-17-10-13)12-5-7-14(16-2)8-6-12/h5-8,11,13,15H,3-4,9-10H2,1-2H3/t11-,13?/m0/s1. The van der Waals surface area contributed by atoms with E-state index in [1.165, 1.54) is 29.9 Å². The van der Waals surface area contributed by atoms with Crippen LogP contribution >= 0.6 is 11.8 Å². The molecule has 1 N–H and O–H groups in total. The Hall–Kier alpha value is -0.670. The molecule has 0 saturated carbocycles. The molecular formula is C14H21NOS. The highest BCUT2D eigenvalue weighted by Crippen LogP contribution is 2.22. The summed E-state index contributed by atoms with van der Waals surface area (Å²) in [5.41, 5.74) is 1.33. The van der Waals surface area contributed by atoms with Crippen molar-refractivity contribution in [1.82, 2.24) is 5.32 Å². The predicted octanol–water partition coefficient (Wildman–Crippen LogP) is 3.24. The summed E-state index contributed by atoms with van der Waals surface area (Å²) in [7, 11) is 1.70. The number of ether oxygens (including phenoxy) is 1. The Balaban J connectivity index is 1.91. The van der Waals surface area contributed by atoms with Gasteiger partial charge in [-0.2, -0.15) is 11.8 Å². The Morgan fingerprint density at radius 2 is 2.12 bits per heavy atom. The van der Waals surface area contributed by atoms with Gasteiger partial charge in [0.15, 0.2) is 0 Å². The quantitative estimate of drug-likeness (QED) is 0.887. The van der Waals surface area contributed by atoms with E-state index in [0.717, 1.165) is 5.75 Å². The molecular weight excluding hydrogens is 230 g/mol. The predicted molar refractivity (Wildman–Crippen MR) is 74.9 cm³/mol. The van der Waals surface area contributed by atoms with Gasteiger partial charge in [0.25, 0.3) is 0 Å². The number of benzene rings is 1. The van der Waals surface area contributed by atoms with E-state index < -0.39 is 0 Å². The molecule has 1 aliphatic rings. The minimum absolute atomic E-state index is 0.421. The van der Waals surface area contributed by atoms with Crippen LogP contribution in [0, 0.1) is 0 Å². The van der Waals surface area contributed by atoms with E-state index in [1.807, 2.05) is 12.1 Å². The van der Waals surface area contributed by atoms with Crippen LogP contribution in [0.2, 0.25) is 0 Å². The van der Waals surface area contributed by atoms with Gasteiger partial charge in [-0.15, -0.1) is 0 Å². The van der Waals surface area contributed by atoms with Crippen molar-refractivity contribution in [2.24, 2.45) is 0 Å². The lowest BCUT2D eigenvalue weighted by molar-refractivity contribution is 0.413. The van der Waals surface area contributed by atoms with E-state index in [2.05, 4.69) is 36.1 Å². The van der Waals surface area contributed by atoms with Crippen LogP contribution in [0.3, 0.4) is 0 Å². The van der Waals surface area contributed by atoms with Crippen molar-refractivity contribution in [2.45, 2.75) is 31.8 Å². The molecule has 3 heteroatoms. The van der Waals surface area contributed by atoms with Crippen molar-refractivity contribution >= 4 is 11.8 Å². The number of hydrogen-bond acceptors (Lipinski definition) is 3. The van der Waals surface area contributed by atoms with Crippen LogP contribution in [-0.2, 0) is 0 Å². The summed E-state index contributed by atoms with van der Waals surface area (Å²) in [5.74, 6) is 3.50. The van der Waals surface area contributed by atoms with Crippen molar-refractivity contribution < 1.29 is 4.74 Å². The first-order valence-corrected chi connectivity index (χ1v) is 7.43. The largest absolute Gasteiger partial charge is 0.497 e. The first-order valence-electron chi connectivity index (χ1n) is 6.27. The third kappa shape index (κ3) is 3.65. The maximum atomic E-state index is 5.18. The summed E-state index contributed by atoms with van der Waals surface area (Å²) in [6.45, 7) is 2.24. The third-order valence-electron chi connectivity index (χ3n) is 3.26. The van der Waals surface area contributed by atoms with Crippen molar-refractivity contribution in [3.8, 4) is 5.75 Å². The maximum absolute atomic E-state index is 5.18. The molecule has 0 radical (unpaired) electrons. The lowest BCUT2D eigenvalue weighted by Crippen LogP contribution is -2.35. The van der Waals surface area contributed by atoms with Crippen LogP contribution in [0.4, 0.5) is 0 Å². The van der Waals surface area contributed by atoms with E-state index in [9.17, 15) is 0 Å². The Morgan fingerprint density at radius 3 is 2.71 bits per heavy atom. The summed E-state index contributed by atoms with van der Waals surface area (Å²) < 4.78 is 5.18. The zero-order valence-corrected chi connectivity index (χ0v) is 11.4. The fraction of sp³-hybridized carbons (Fsp3) is 0.571. The molecule has 1 aromatic carbocycles. The first kappa shape index (κ1) is 12.8. The van der Waals surface area contributed by atoms with Crippen LogP contribution < -0.4 is 10.1 Å². The van der Waals surface area contributed by atoms with Gasteiger partial charge >= 0.3 is 0 Å². The van der Waals surface area contributed by atoms with Crippen LogP contribution in [0.1, 0.15) is 31.4 Å². The zero-order valence-electron chi connectivity index (χ0n) is 10.6. The summed E-state index contributed by atoms with van der Waals surface area (Å²) in [6.07, 6.45) is 2.66. The molecule has 0 amide bonds. The van der Waals surface area contributed by atoms with E-state index in [-0.39, 0.29) is 0 Å². The molecule has 17 heavy (non-hydrogen) atoms. The highest BCUT2D eigenvalue weighted by molar-refractivity contribution is 7.99. The van der Waals surface area contributed by atoms with Gasteiger partial charge in [0, 0.05) is 17.8 Å². The maximum Gasteiger partial charge on any atom is 0.118 e. The molecule has 1 aromatic rings. The van der Waals surface area contributed by atoms with E-state index >= 15 is 0 Å². The molecule has 0 aliphatic carbocycles. The average Bonchev–Trinajstić information content (AvgIpc) is 2.40. The van der Waals surface area contributed by atoms with Crippen LogP contribution in [-0.4, -0.2) is 24.7 Å². The number of methoxy groups -OCH3 is 1. The summed E-state index contributed by atoms with van der Waals surface area (Å²) >= 11 is 2.06. The molecule has 0 spiro atoms. The average molecular weight is 251 g/mol. The minimum Gasteiger partial charge on any atom is -0.497 e. The third-order valence-corrected chi connectivity index (χ3v) is 4.48. The molecule has 1 saturated heterocycles. The van der Waals surface area contributed by atoms with E-state index in [1.54, 1.807) is 7.11 Å². The molecule has 0 bridgehead atoms. The smallest absolute Gasteiger partial charge is 0.118 e. The second-order valence-electron chi connectivity index (χ2n) is 4.58. The lowest BCUT2D eigenvalue weighted by Gasteiger charge is -2.26. The Morgan fingerprint density at radius 1 is 1.35 bits per heavy atom. The Kier molecular flexibility index (Phi) is 4.75. The lowest BCUT2D eigenvalue weighted by atomic mass is 10.1. The fourth-order valence-electron chi connectivity index (χ4n) is 2.21. The molecule has 1 aliphatic heterocycles. The second kappa shape index (κ2) is 6.31. The van der Waals surface area contributed by atoms with Gasteiger partial charge in [0.1, 0.15) is 5.75 Å². The summed E-state index contributed by atoms with van der Waals surface area (Å²) in [5, 5.41) is 3.71. The van der Waals surface area contributed by atoms with E-state index in [4.69, 9.17) is 4.74 Å². The molecule has 2 rings (SSSR count). The van der Waals surface area contributed by atoms with Gasteiger partial charge in [0.2, 0.25) is 0 Å². The first-order chi connectivity index (χ1) is 8.29. The minimum atomic E-state index is 0.421. The fourth-order valence-corrected chi connectivity index (χ4v) is 3.30. The zero-order chi connectivity index (χ0) is 12.1. The molecule has 2 atom stereocenters. The van der Waals surface area contributed by atoms with Gasteiger partial charge in [-0.3, -0.25) is 0 Å². The molecule has 1 unspecified atom stereocenters. The van der Waals surface area contributed by atoms with E-state index in [0.29, 0.717) is 12.1 Å². The van der Waals surface area contributed by atoms with Gasteiger partial charge in [-0.25, -0.2) is 0 Å². The van der Waals surface area contributed by atoms with Crippen molar-refractivity contribution in [3.63, 3.8) is 0 Å². The van der Waals surface area contributed by atoms with Gasteiger partial charge < -0.3 is 10.1 Å². The number of hydrogen-bond donors (Lipinski definition) is 1.